The summed E-state index contributed by atoms with van der Waals surface area (Å²) in [6.45, 7) is 0. The van der Waals surface area contributed by atoms with Crippen molar-refractivity contribution in [1.82, 2.24) is 5.32 Å². The highest BCUT2D eigenvalue weighted by molar-refractivity contribution is 8.18. The fourth-order valence-electron chi connectivity index (χ4n) is 2.62. The van der Waals surface area contributed by atoms with Gasteiger partial charge in [-0.1, -0.05) is 23.7 Å². The summed E-state index contributed by atoms with van der Waals surface area (Å²) < 4.78 is 11.0. The van der Waals surface area contributed by atoms with Crippen LogP contribution in [0.15, 0.2) is 75.0 Å². The highest BCUT2D eigenvalue weighted by Crippen LogP contribution is 2.32. The summed E-state index contributed by atoms with van der Waals surface area (Å²) in [7, 11) is 1.61. The molecule has 4 rings (SSSR count). The number of nitrogens with one attached hydrogen (secondary N) is 1. The first-order chi connectivity index (χ1) is 13.6. The second kappa shape index (κ2) is 7.96. The van der Waals surface area contributed by atoms with Crippen molar-refractivity contribution in [3.63, 3.8) is 0 Å². The van der Waals surface area contributed by atoms with Gasteiger partial charge >= 0.3 is 0 Å². The molecule has 0 radical (unpaired) electrons. The first-order valence-electron chi connectivity index (χ1n) is 8.41. The molecule has 3 aromatic rings. The van der Waals surface area contributed by atoms with Gasteiger partial charge in [0.15, 0.2) is 5.17 Å². The predicted molar refractivity (Wildman–Crippen MR) is 113 cm³/mol. The van der Waals surface area contributed by atoms with E-state index in [2.05, 4.69) is 10.3 Å². The fraction of sp³-hybridized carbons (Fsp3) is 0.0476. The lowest BCUT2D eigenvalue weighted by atomic mass is 10.2. The van der Waals surface area contributed by atoms with Crippen LogP contribution in [0.4, 0.5) is 5.69 Å². The Balaban J connectivity index is 1.53. The minimum atomic E-state index is -0.215. The summed E-state index contributed by atoms with van der Waals surface area (Å²) in [5.41, 5.74) is 1.53. The third-order valence-electron chi connectivity index (χ3n) is 3.99. The van der Waals surface area contributed by atoms with E-state index in [0.717, 1.165) is 17.0 Å². The van der Waals surface area contributed by atoms with Gasteiger partial charge in [-0.25, -0.2) is 4.99 Å². The van der Waals surface area contributed by atoms with E-state index < -0.39 is 0 Å². The number of ether oxygens (including phenoxy) is 1. The van der Waals surface area contributed by atoms with Crippen LogP contribution in [0.2, 0.25) is 5.02 Å². The molecule has 2 heterocycles. The van der Waals surface area contributed by atoms with Crippen LogP contribution in [0, 0.1) is 0 Å². The molecule has 1 aliphatic heterocycles. The van der Waals surface area contributed by atoms with Gasteiger partial charge in [-0.05, 0) is 60.3 Å². The number of benzene rings is 2. The minimum absolute atomic E-state index is 0.215. The zero-order valence-corrected chi connectivity index (χ0v) is 16.4. The highest BCUT2D eigenvalue weighted by Gasteiger charge is 2.24. The molecule has 0 unspecified atom stereocenters. The minimum Gasteiger partial charge on any atom is -0.497 e. The molecule has 1 amide bonds. The molecule has 7 heteroatoms. The molecule has 1 aromatic heterocycles. The number of carbonyl (C=O) groups is 1. The Morgan fingerprint density at radius 3 is 2.64 bits per heavy atom. The monoisotopic (exact) mass is 410 g/mol. The Labute approximate surface area is 171 Å². The molecule has 1 N–H and O–H groups in total. The molecule has 0 atom stereocenters. The van der Waals surface area contributed by atoms with Crippen molar-refractivity contribution >= 4 is 46.2 Å². The summed E-state index contributed by atoms with van der Waals surface area (Å²) >= 11 is 7.47. The second-order valence-corrected chi connectivity index (χ2v) is 7.30. The lowest BCUT2D eigenvalue weighted by molar-refractivity contribution is -0.115. The number of carbonyl (C=O) groups excluding carboxylic acids is 1. The lowest BCUT2D eigenvalue weighted by Gasteiger charge is -1.99. The molecule has 140 valence electrons. The molecule has 28 heavy (non-hydrogen) atoms. The topological polar surface area (TPSA) is 63.8 Å². The van der Waals surface area contributed by atoms with Crippen molar-refractivity contribution in [2.75, 3.05) is 7.11 Å². The van der Waals surface area contributed by atoms with E-state index in [-0.39, 0.29) is 5.91 Å². The van der Waals surface area contributed by atoms with Crippen LogP contribution in [0.3, 0.4) is 0 Å². The van der Waals surface area contributed by atoms with Gasteiger partial charge in [-0.2, -0.15) is 0 Å². The average molecular weight is 411 g/mol. The SMILES string of the molecule is COc1ccc(N=C2NC(=O)/C(=C\c3ccc(-c4ccccc4Cl)o3)S2)cc1. The van der Waals surface area contributed by atoms with E-state index in [4.69, 9.17) is 20.8 Å². The number of rotatable bonds is 4. The van der Waals surface area contributed by atoms with Gasteiger partial charge in [-0.15, -0.1) is 0 Å². The summed E-state index contributed by atoms with van der Waals surface area (Å²) in [6, 6.07) is 18.4. The van der Waals surface area contributed by atoms with Crippen molar-refractivity contribution in [2.45, 2.75) is 0 Å². The number of amidine groups is 1. The number of nitrogens with zero attached hydrogens (tertiary/aromatic N) is 1. The molecular weight excluding hydrogens is 396 g/mol. The van der Waals surface area contributed by atoms with Gasteiger partial charge in [0.1, 0.15) is 17.3 Å². The van der Waals surface area contributed by atoms with E-state index in [9.17, 15) is 4.79 Å². The largest absolute Gasteiger partial charge is 0.497 e. The van der Waals surface area contributed by atoms with Crippen LogP contribution in [0.5, 0.6) is 5.75 Å². The zero-order valence-electron chi connectivity index (χ0n) is 14.8. The number of halogens is 1. The smallest absolute Gasteiger partial charge is 0.264 e. The fourth-order valence-corrected chi connectivity index (χ4v) is 3.67. The van der Waals surface area contributed by atoms with Crippen molar-refractivity contribution in [1.29, 1.82) is 0 Å². The Morgan fingerprint density at radius 2 is 1.89 bits per heavy atom. The maximum Gasteiger partial charge on any atom is 0.264 e. The molecule has 0 saturated carbocycles. The molecule has 1 aliphatic rings. The van der Waals surface area contributed by atoms with Crippen molar-refractivity contribution < 1.29 is 13.9 Å². The Kier molecular flexibility index (Phi) is 5.23. The molecule has 2 aromatic carbocycles. The van der Waals surface area contributed by atoms with Crippen molar-refractivity contribution in [2.24, 2.45) is 4.99 Å². The molecule has 0 bridgehead atoms. The maximum atomic E-state index is 12.2. The number of hydrogen-bond donors (Lipinski definition) is 1. The van der Waals surface area contributed by atoms with E-state index in [1.54, 1.807) is 25.3 Å². The van der Waals surface area contributed by atoms with Crippen LogP contribution in [0.25, 0.3) is 17.4 Å². The normalized spacial score (nSPS) is 16.6. The van der Waals surface area contributed by atoms with E-state index in [0.29, 0.717) is 26.6 Å². The third-order valence-corrected chi connectivity index (χ3v) is 5.23. The highest BCUT2D eigenvalue weighted by atomic mass is 35.5. The average Bonchev–Trinajstić information content (AvgIpc) is 3.30. The van der Waals surface area contributed by atoms with Crippen LogP contribution >= 0.6 is 23.4 Å². The summed E-state index contributed by atoms with van der Waals surface area (Å²) in [4.78, 5) is 17.2. The number of hydrogen-bond acceptors (Lipinski definition) is 5. The predicted octanol–water partition coefficient (Wildman–Crippen LogP) is 5.50. The van der Waals surface area contributed by atoms with Crippen LogP contribution in [0.1, 0.15) is 5.76 Å². The van der Waals surface area contributed by atoms with Gasteiger partial charge in [-0.3, -0.25) is 4.79 Å². The number of aliphatic imine (C=N–C) groups is 1. The van der Waals surface area contributed by atoms with E-state index in [1.165, 1.54) is 11.8 Å². The van der Waals surface area contributed by atoms with Crippen LogP contribution < -0.4 is 10.1 Å². The molecular formula is C21H15ClN2O3S. The summed E-state index contributed by atoms with van der Waals surface area (Å²) in [5, 5.41) is 3.88. The molecule has 1 fully saturated rings. The maximum absolute atomic E-state index is 12.2. The Morgan fingerprint density at radius 1 is 1.11 bits per heavy atom. The molecule has 0 aliphatic carbocycles. The summed E-state index contributed by atoms with van der Waals surface area (Å²) in [5.74, 6) is 1.75. The van der Waals surface area contributed by atoms with Gasteiger partial charge in [0.2, 0.25) is 0 Å². The van der Waals surface area contributed by atoms with Gasteiger partial charge in [0.05, 0.1) is 22.7 Å². The number of methoxy groups -OCH3 is 1. The first kappa shape index (κ1) is 18.4. The van der Waals surface area contributed by atoms with Gasteiger partial charge in [0.25, 0.3) is 5.91 Å². The summed E-state index contributed by atoms with van der Waals surface area (Å²) in [6.07, 6.45) is 1.69. The Hall–Kier alpha value is -2.96. The zero-order chi connectivity index (χ0) is 19.5. The molecule has 1 saturated heterocycles. The standard InChI is InChI=1S/C21H15ClN2O3S/c1-26-14-8-6-13(7-9-14)23-21-24-20(25)19(28-21)12-15-10-11-18(27-15)16-4-2-3-5-17(16)22/h2-12H,1H3,(H,23,24,25)/b19-12+. The van der Waals surface area contributed by atoms with Gasteiger partial charge in [0, 0.05) is 11.6 Å². The molecule has 0 spiro atoms. The van der Waals surface area contributed by atoms with Gasteiger partial charge < -0.3 is 14.5 Å². The van der Waals surface area contributed by atoms with Crippen molar-refractivity contribution in [3.8, 4) is 17.1 Å². The Bertz CT molecular complexity index is 1090. The molecule has 5 nitrogen and oxygen atoms in total. The van der Waals surface area contributed by atoms with Crippen LogP contribution in [-0.4, -0.2) is 18.2 Å². The second-order valence-electron chi connectivity index (χ2n) is 5.86. The third kappa shape index (κ3) is 3.98. The quantitative estimate of drug-likeness (QED) is 0.577. The number of amides is 1. The lowest BCUT2D eigenvalue weighted by Crippen LogP contribution is -2.19. The number of thioether (sulfide) groups is 1. The van der Waals surface area contributed by atoms with Crippen molar-refractivity contribution in [3.05, 3.63) is 76.4 Å². The van der Waals surface area contributed by atoms with E-state index in [1.807, 2.05) is 48.5 Å². The number of furan rings is 1. The first-order valence-corrected chi connectivity index (χ1v) is 9.60. The van der Waals surface area contributed by atoms with E-state index >= 15 is 0 Å². The van der Waals surface area contributed by atoms with Crippen LogP contribution in [-0.2, 0) is 4.79 Å².